The molecule has 10 heteroatoms. The quantitative estimate of drug-likeness (QED) is 0.0206. The molecule has 0 radical (unpaired) electrons. The lowest BCUT2D eigenvalue weighted by Crippen LogP contribution is -2.47. The molecule has 3 unspecified atom stereocenters. The second kappa shape index (κ2) is 43.1. The van der Waals surface area contributed by atoms with E-state index in [0.717, 1.165) is 89.9 Å². The molecule has 0 bridgehead atoms. The summed E-state index contributed by atoms with van der Waals surface area (Å²) < 4.78 is 30.4. The molecule has 0 saturated heterocycles. The predicted octanol–water partition coefficient (Wildman–Crippen LogP) is 14.8. The van der Waals surface area contributed by atoms with E-state index in [0.29, 0.717) is 23.9 Å². The number of esters is 1. The van der Waals surface area contributed by atoms with E-state index in [2.05, 4.69) is 50.4 Å². The molecule has 9 nitrogen and oxygen atoms in total. The number of nitrogens with zero attached hydrogens (tertiary/aromatic N) is 1. The second-order valence-electron chi connectivity index (χ2n) is 18.7. The molecule has 62 heavy (non-hydrogen) atoms. The van der Waals surface area contributed by atoms with Crippen molar-refractivity contribution in [3.05, 3.63) is 36.5 Å². The van der Waals surface area contributed by atoms with Crippen molar-refractivity contribution in [2.24, 2.45) is 0 Å². The number of rotatable bonds is 46. The number of ether oxygens (including phenoxy) is 1. The summed E-state index contributed by atoms with van der Waals surface area (Å²) in [5.74, 6) is -0.534. The topological polar surface area (TPSA) is 111 Å². The molecule has 0 aliphatic heterocycles. The Labute approximate surface area is 383 Å². The molecule has 0 rings (SSSR count). The van der Waals surface area contributed by atoms with Crippen molar-refractivity contribution in [2.75, 3.05) is 40.9 Å². The Morgan fingerprint density at radius 3 is 1.44 bits per heavy atom. The number of nitrogens with one attached hydrogen (secondary N) is 1. The van der Waals surface area contributed by atoms with E-state index < -0.39 is 20.0 Å². The van der Waals surface area contributed by atoms with Gasteiger partial charge in [-0.05, 0) is 76.7 Å². The largest absolute Gasteiger partial charge is 0.472 e. The van der Waals surface area contributed by atoms with Crippen molar-refractivity contribution in [3.63, 3.8) is 0 Å². The monoisotopic (exact) mass is 896 g/mol. The number of unbranched alkanes of at least 4 members (excludes halogenated alkanes) is 26. The van der Waals surface area contributed by atoms with Gasteiger partial charge in [0.2, 0.25) is 5.91 Å². The van der Waals surface area contributed by atoms with Gasteiger partial charge in [0.05, 0.1) is 33.8 Å². The second-order valence-corrected chi connectivity index (χ2v) is 20.1. The summed E-state index contributed by atoms with van der Waals surface area (Å²) in [4.78, 5) is 37.3. The molecule has 2 N–H and O–H groups in total. The number of amides is 1. The van der Waals surface area contributed by atoms with Crippen LogP contribution in [0.15, 0.2) is 36.5 Å². The van der Waals surface area contributed by atoms with E-state index in [-0.39, 0.29) is 31.5 Å². The molecule has 364 valence electrons. The molecular weight excluding hydrogens is 796 g/mol. The number of allylic oxidation sites excluding steroid dienone is 5. The number of quaternary nitrogens is 1. The SMILES string of the molecule is CCCC/C=C\CCCCCCCC(=O)NC(COP(=O)(O)OCC[N+](C)(C)C)C(/C=C/CCCCCCCCCCCC)OC(=O)CCCCC/C=C\CCCCCCCC. The van der Waals surface area contributed by atoms with Crippen LogP contribution in [-0.2, 0) is 27.9 Å². The number of carbonyl (C=O) groups excluding carboxylic acids is 2. The van der Waals surface area contributed by atoms with Gasteiger partial charge in [-0.1, -0.05) is 180 Å². The highest BCUT2D eigenvalue weighted by molar-refractivity contribution is 7.47. The lowest BCUT2D eigenvalue weighted by Gasteiger charge is -2.27. The van der Waals surface area contributed by atoms with Crippen molar-refractivity contribution in [1.82, 2.24) is 5.32 Å². The minimum atomic E-state index is -4.44. The van der Waals surface area contributed by atoms with Crippen LogP contribution in [0.25, 0.3) is 0 Å². The fraction of sp³-hybridized carbons (Fsp3) is 0.846. The first kappa shape index (κ1) is 60.2. The Hall–Kier alpha value is -1.77. The van der Waals surface area contributed by atoms with Gasteiger partial charge in [0.1, 0.15) is 19.3 Å². The summed E-state index contributed by atoms with van der Waals surface area (Å²) in [6, 6.07) is -0.853. The summed E-state index contributed by atoms with van der Waals surface area (Å²) in [6.07, 6.45) is 48.5. The van der Waals surface area contributed by atoms with Gasteiger partial charge in [-0.3, -0.25) is 18.6 Å². The van der Waals surface area contributed by atoms with Crippen LogP contribution in [0, 0.1) is 0 Å². The molecule has 0 aliphatic rings. The van der Waals surface area contributed by atoms with Gasteiger partial charge in [-0.2, -0.15) is 0 Å². The third-order valence-corrected chi connectivity index (χ3v) is 12.3. The highest BCUT2D eigenvalue weighted by Gasteiger charge is 2.30. The summed E-state index contributed by atoms with van der Waals surface area (Å²) in [5.41, 5.74) is 0. The van der Waals surface area contributed by atoms with Crippen LogP contribution in [0.2, 0.25) is 0 Å². The molecule has 0 aromatic rings. The van der Waals surface area contributed by atoms with E-state index in [1.807, 2.05) is 33.3 Å². The average Bonchev–Trinajstić information content (AvgIpc) is 3.22. The summed E-state index contributed by atoms with van der Waals surface area (Å²) in [7, 11) is 1.48. The maximum Gasteiger partial charge on any atom is 0.472 e. The first-order chi connectivity index (χ1) is 29.9. The lowest BCUT2D eigenvalue weighted by atomic mass is 10.0. The Bertz CT molecular complexity index is 1170. The van der Waals surface area contributed by atoms with Crippen LogP contribution in [0.4, 0.5) is 0 Å². The van der Waals surface area contributed by atoms with Crippen LogP contribution in [0.5, 0.6) is 0 Å². The molecule has 0 spiro atoms. The van der Waals surface area contributed by atoms with Crippen molar-refractivity contribution in [1.29, 1.82) is 0 Å². The molecule has 3 atom stereocenters. The molecule has 0 aliphatic carbocycles. The van der Waals surface area contributed by atoms with Gasteiger partial charge in [-0.25, -0.2) is 4.57 Å². The van der Waals surface area contributed by atoms with Crippen LogP contribution in [-0.4, -0.2) is 74.3 Å². The van der Waals surface area contributed by atoms with Crippen LogP contribution < -0.4 is 5.32 Å². The number of phosphoric acid groups is 1. The molecular formula is C52H100N2O7P+. The van der Waals surface area contributed by atoms with Crippen molar-refractivity contribution in [3.8, 4) is 0 Å². The van der Waals surface area contributed by atoms with E-state index in [1.165, 1.54) is 103 Å². The summed E-state index contributed by atoms with van der Waals surface area (Å²) in [5, 5.41) is 3.02. The minimum Gasteiger partial charge on any atom is -0.456 e. The number of carbonyl (C=O) groups is 2. The molecule has 0 aromatic heterocycles. The van der Waals surface area contributed by atoms with Gasteiger partial charge in [0, 0.05) is 12.8 Å². The van der Waals surface area contributed by atoms with E-state index in [1.54, 1.807) is 0 Å². The fourth-order valence-electron chi connectivity index (χ4n) is 7.21. The van der Waals surface area contributed by atoms with E-state index in [4.69, 9.17) is 13.8 Å². The molecule has 0 fully saturated rings. The number of hydrogen-bond acceptors (Lipinski definition) is 6. The van der Waals surface area contributed by atoms with Gasteiger partial charge in [-0.15, -0.1) is 0 Å². The van der Waals surface area contributed by atoms with Crippen LogP contribution in [0.1, 0.15) is 233 Å². The van der Waals surface area contributed by atoms with Crippen LogP contribution >= 0.6 is 7.82 Å². The predicted molar refractivity (Wildman–Crippen MR) is 263 cm³/mol. The highest BCUT2D eigenvalue weighted by Crippen LogP contribution is 2.43. The maximum atomic E-state index is 13.4. The highest BCUT2D eigenvalue weighted by atomic mass is 31.2. The minimum absolute atomic E-state index is 0.0372. The van der Waals surface area contributed by atoms with Crippen molar-refractivity contribution in [2.45, 2.75) is 245 Å². The molecule has 1 amide bonds. The average molecular weight is 896 g/mol. The molecule has 0 saturated carbocycles. The Morgan fingerprint density at radius 1 is 0.548 bits per heavy atom. The standard InChI is InChI=1S/C52H99N2O7P/c1-7-10-13-16-19-22-25-27-30-33-36-39-42-45-52(56)61-50(43-40-37-34-31-29-26-23-20-17-14-11-8-2)49(48-60-62(57,58)59-47-46-54(4,5)6)53-51(55)44-41-38-35-32-28-24-21-18-15-12-9-3/h18,21,27,30,40,43,49-50H,7-17,19-20,22-26,28-29,31-39,41-42,44-48H2,1-6H3,(H-,53,55,57,58)/p+1/b21-18-,30-27-,43-40+. The third-order valence-electron chi connectivity index (χ3n) is 11.3. The number of phosphoric ester groups is 1. The van der Waals surface area contributed by atoms with E-state index >= 15 is 0 Å². The van der Waals surface area contributed by atoms with Crippen molar-refractivity contribution < 1.29 is 37.3 Å². The summed E-state index contributed by atoms with van der Waals surface area (Å²) in [6.45, 7) is 6.93. The molecule has 0 heterocycles. The van der Waals surface area contributed by atoms with Gasteiger partial charge >= 0.3 is 13.8 Å². The van der Waals surface area contributed by atoms with Crippen LogP contribution in [0.3, 0.4) is 0 Å². The van der Waals surface area contributed by atoms with E-state index in [9.17, 15) is 19.0 Å². The Morgan fingerprint density at radius 2 is 0.952 bits per heavy atom. The molecule has 0 aromatic carbocycles. The van der Waals surface area contributed by atoms with Gasteiger partial charge in [0.15, 0.2) is 0 Å². The fourth-order valence-corrected chi connectivity index (χ4v) is 7.94. The first-order valence-electron chi connectivity index (χ1n) is 25.8. The third kappa shape index (κ3) is 43.5. The maximum absolute atomic E-state index is 13.4. The normalized spacial score (nSPS) is 14.2. The smallest absolute Gasteiger partial charge is 0.456 e. The Kier molecular flexibility index (Phi) is 41.9. The number of hydrogen-bond donors (Lipinski definition) is 2. The van der Waals surface area contributed by atoms with Gasteiger partial charge < -0.3 is 19.4 Å². The Balaban J connectivity index is 5.48. The van der Waals surface area contributed by atoms with Crippen molar-refractivity contribution >= 4 is 19.7 Å². The summed E-state index contributed by atoms with van der Waals surface area (Å²) >= 11 is 0. The number of likely N-dealkylation sites (N-methyl/N-ethyl adjacent to an activating group) is 1. The first-order valence-corrected chi connectivity index (χ1v) is 27.3. The zero-order chi connectivity index (χ0) is 45.8. The lowest BCUT2D eigenvalue weighted by molar-refractivity contribution is -0.870. The van der Waals surface area contributed by atoms with Gasteiger partial charge in [0.25, 0.3) is 0 Å². The zero-order valence-electron chi connectivity index (χ0n) is 41.4. The zero-order valence-corrected chi connectivity index (χ0v) is 42.3.